The van der Waals surface area contributed by atoms with Crippen molar-refractivity contribution < 1.29 is 14.2 Å². The Morgan fingerprint density at radius 1 is 0.867 bits per heavy atom. The van der Waals surface area contributed by atoms with Gasteiger partial charge in [-0.05, 0) is 43.2 Å². The third kappa shape index (κ3) is 3.08. The number of H-pyrrole nitrogens is 1. The first-order chi connectivity index (χ1) is 14.6. The molecule has 4 aromatic rings. The molecule has 0 bridgehead atoms. The lowest BCUT2D eigenvalue weighted by Crippen LogP contribution is -1.93. The topological polar surface area (TPSA) is 56.4 Å². The van der Waals surface area contributed by atoms with Crippen molar-refractivity contribution in [2.75, 3.05) is 13.9 Å². The molecule has 0 atom stereocenters. The molecule has 5 heteroatoms. The monoisotopic (exact) mass is 398 g/mol. The number of aromatic amines is 1. The van der Waals surface area contributed by atoms with Crippen LogP contribution in [0.1, 0.15) is 11.1 Å². The van der Waals surface area contributed by atoms with Gasteiger partial charge in [0.2, 0.25) is 12.5 Å². The molecule has 0 saturated carbocycles. The van der Waals surface area contributed by atoms with Gasteiger partial charge in [-0.25, -0.2) is 4.98 Å². The highest BCUT2D eigenvalue weighted by molar-refractivity contribution is 5.82. The molecule has 30 heavy (non-hydrogen) atoms. The van der Waals surface area contributed by atoms with Crippen LogP contribution < -0.4 is 14.2 Å². The number of imidazole rings is 1. The number of nitrogens with one attached hydrogen (secondary N) is 1. The van der Waals surface area contributed by atoms with Crippen LogP contribution in [0, 0.1) is 13.8 Å². The molecular formula is C25H22N2O3. The van der Waals surface area contributed by atoms with Gasteiger partial charge in [-0.3, -0.25) is 0 Å². The van der Waals surface area contributed by atoms with Crippen molar-refractivity contribution in [3.8, 4) is 51.2 Å². The first-order valence-electron chi connectivity index (χ1n) is 9.85. The molecule has 0 fully saturated rings. The van der Waals surface area contributed by atoms with Crippen molar-refractivity contribution in [2.24, 2.45) is 0 Å². The Balaban J connectivity index is 1.70. The van der Waals surface area contributed by atoms with Crippen LogP contribution in [0.15, 0.2) is 60.7 Å². The van der Waals surface area contributed by atoms with Crippen LogP contribution in [0.4, 0.5) is 0 Å². The summed E-state index contributed by atoms with van der Waals surface area (Å²) in [6.45, 7) is 4.43. The second kappa shape index (κ2) is 7.26. The summed E-state index contributed by atoms with van der Waals surface area (Å²) < 4.78 is 16.6. The number of benzene rings is 3. The summed E-state index contributed by atoms with van der Waals surface area (Å²) in [7, 11) is 1.62. The number of aromatic nitrogens is 2. The van der Waals surface area contributed by atoms with Crippen molar-refractivity contribution >= 4 is 0 Å². The molecule has 0 radical (unpaired) electrons. The number of fused-ring (bicyclic) bond motifs is 1. The van der Waals surface area contributed by atoms with Crippen molar-refractivity contribution in [3.05, 3.63) is 71.8 Å². The highest BCUT2D eigenvalue weighted by Crippen LogP contribution is 2.44. The maximum atomic E-state index is 5.59. The minimum absolute atomic E-state index is 0.191. The van der Waals surface area contributed by atoms with Gasteiger partial charge < -0.3 is 19.2 Å². The van der Waals surface area contributed by atoms with Gasteiger partial charge in [0.15, 0.2) is 11.5 Å². The zero-order valence-corrected chi connectivity index (χ0v) is 17.2. The number of nitrogens with zero attached hydrogens (tertiary/aromatic N) is 1. The molecule has 0 spiro atoms. The van der Waals surface area contributed by atoms with Gasteiger partial charge in [-0.15, -0.1) is 0 Å². The molecule has 2 heterocycles. The van der Waals surface area contributed by atoms with E-state index in [1.807, 2.05) is 30.3 Å². The molecule has 0 saturated heterocycles. The molecule has 0 amide bonds. The van der Waals surface area contributed by atoms with E-state index in [0.29, 0.717) is 17.2 Å². The first kappa shape index (κ1) is 18.3. The van der Waals surface area contributed by atoms with E-state index < -0.39 is 0 Å². The van der Waals surface area contributed by atoms with E-state index in [1.54, 1.807) is 7.11 Å². The molecule has 150 valence electrons. The highest BCUT2D eigenvalue weighted by atomic mass is 16.7. The fraction of sp³-hybridized carbons (Fsp3) is 0.160. The summed E-state index contributed by atoms with van der Waals surface area (Å²) in [5.74, 6) is 2.67. The van der Waals surface area contributed by atoms with Crippen LogP contribution >= 0.6 is 0 Å². The normalized spacial score (nSPS) is 12.2. The first-order valence-corrected chi connectivity index (χ1v) is 9.85. The third-order valence-electron chi connectivity index (χ3n) is 5.48. The largest absolute Gasteiger partial charge is 0.493 e. The van der Waals surface area contributed by atoms with Crippen molar-refractivity contribution in [1.29, 1.82) is 0 Å². The van der Waals surface area contributed by atoms with E-state index in [9.17, 15) is 0 Å². The zero-order valence-electron chi connectivity index (χ0n) is 17.2. The second-order valence-corrected chi connectivity index (χ2v) is 7.39. The third-order valence-corrected chi connectivity index (χ3v) is 5.48. The van der Waals surface area contributed by atoms with E-state index in [-0.39, 0.29) is 6.79 Å². The molecule has 1 aliphatic rings. The maximum absolute atomic E-state index is 5.59. The molecule has 0 aliphatic carbocycles. The van der Waals surface area contributed by atoms with Crippen LogP contribution in [0.2, 0.25) is 0 Å². The van der Waals surface area contributed by atoms with Gasteiger partial charge in [-0.2, -0.15) is 0 Å². The Morgan fingerprint density at radius 2 is 1.70 bits per heavy atom. The van der Waals surface area contributed by atoms with E-state index in [0.717, 1.165) is 33.9 Å². The number of methoxy groups -OCH3 is 1. The Kier molecular flexibility index (Phi) is 4.43. The predicted octanol–water partition coefficient (Wildman–Crippen LogP) is 5.76. The van der Waals surface area contributed by atoms with Gasteiger partial charge in [0.25, 0.3) is 0 Å². The molecule has 1 aromatic heterocycles. The van der Waals surface area contributed by atoms with Gasteiger partial charge in [-0.1, -0.05) is 42.5 Å². The van der Waals surface area contributed by atoms with Crippen LogP contribution in [0.25, 0.3) is 33.9 Å². The summed E-state index contributed by atoms with van der Waals surface area (Å²) >= 11 is 0. The average molecular weight is 398 g/mol. The van der Waals surface area contributed by atoms with Crippen molar-refractivity contribution in [3.63, 3.8) is 0 Å². The number of ether oxygens (including phenoxy) is 3. The molecule has 1 N–H and O–H groups in total. The van der Waals surface area contributed by atoms with Gasteiger partial charge >= 0.3 is 0 Å². The van der Waals surface area contributed by atoms with E-state index in [1.165, 1.54) is 11.1 Å². The number of hydrogen-bond acceptors (Lipinski definition) is 4. The minimum Gasteiger partial charge on any atom is -0.493 e. The summed E-state index contributed by atoms with van der Waals surface area (Å²) in [6, 6.07) is 20.5. The SMILES string of the molecule is COc1cc(-c2nc(-c3ccc(C)c(C)c3)c(-c3ccccc3)[nH]2)cc2c1OCO2. The van der Waals surface area contributed by atoms with Gasteiger partial charge in [0.1, 0.15) is 5.82 Å². The van der Waals surface area contributed by atoms with Crippen molar-refractivity contribution in [2.45, 2.75) is 13.8 Å². The van der Waals surface area contributed by atoms with E-state index in [4.69, 9.17) is 19.2 Å². The quantitative estimate of drug-likeness (QED) is 0.474. The smallest absolute Gasteiger partial charge is 0.231 e. The molecule has 3 aromatic carbocycles. The number of hydrogen-bond donors (Lipinski definition) is 1. The molecule has 5 rings (SSSR count). The fourth-order valence-electron chi connectivity index (χ4n) is 3.69. The number of aryl methyl sites for hydroxylation is 2. The summed E-state index contributed by atoms with van der Waals surface area (Å²) in [4.78, 5) is 8.52. The molecule has 0 unspecified atom stereocenters. The lowest BCUT2D eigenvalue weighted by Gasteiger charge is -2.06. The summed E-state index contributed by atoms with van der Waals surface area (Å²) in [5, 5.41) is 0. The van der Waals surface area contributed by atoms with Crippen LogP contribution in [0.5, 0.6) is 17.2 Å². The number of rotatable bonds is 4. The van der Waals surface area contributed by atoms with Crippen LogP contribution in [-0.4, -0.2) is 23.9 Å². The molecule has 1 aliphatic heterocycles. The summed E-state index contributed by atoms with van der Waals surface area (Å²) in [5.41, 5.74) is 7.42. The van der Waals surface area contributed by atoms with Crippen LogP contribution in [-0.2, 0) is 0 Å². The predicted molar refractivity (Wildman–Crippen MR) is 117 cm³/mol. The highest BCUT2D eigenvalue weighted by Gasteiger charge is 2.23. The standard InChI is InChI=1S/C25H22N2O3/c1-15-9-10-18(11-16(15)2)23-22(17-7-5-4-6-8-17)26-25(27-23)19-12-20(28-3)24-21(13-19)29-14-30-24/h4-13H,14H2,1-3H3,(H,26,27). The van der Waals surface area contributed by atoms with E-state index >= 15 is 0 Å². The van der Waals surface area contributed by atoms with Gasteiger partial charge in [0, 0.05) is 16.7 Å². The molecular weight excluding hydrogens is 376 g/mol. The Labute approximate surface area is 175 Å². The van der Waals surface area contributed by atoms with E-state index in [2.05, 4.69) is 49.2 Å². The Hall–Kier alpha value is -3.73. The molecule has 5 nitrogen and oxygen atoms in total. The van der Waals surface area contributed by atoms with Gasteiger partial charge in [0.05, 0.1) is 18.5 Å². The zero-order chi connectivity index (χ0) is 20.7. The minimum atomic E-state index is 0.191. The average Bonchev–Trinajstić information content (AvgIpc) is 3.43. The second-order valence-electron chi connectivity index (χ2n) is 7.39. The van der Waals surface area contributed by atoms with Crippen LogP contribution in [0.3, 0.4) is 0 Å². The lowest BCUT2D eigenvalue weighted by molar-refractivity contribution is 0.171. The summed E-state index contributed by atoms with van der Waals surface area (Å²) in [6.07, 6.45) is 0. The fourth-order valence-corrected chi connectivity index (χ4v) is 3.69. The van der Waals surface area contributed by atoms with Crippen molar-refractivity contribution in [1.82, 2.24) is 9.97 Å². The Bertz CT molecular complexity index is 1230. The maximum Gasteiger partial charge on any atom is 0.231 e. The Morgan fingerprint density at radius 3 is 2.47 bits per heavy atom. The lowest BCUT2D eigenvalue weighted by atomic mass is 10.0.